The van der Waals surface area contributed by atoms with Crippen molar-refractivity contribution in [3.8, 4) is 11.3 Å². The minimum Gasteiger partial charge on any atom is -0.377 e. The molecule has 3 aromatic rings. The van der Waals surface area contributed by atoms with Crippen LogP contribution in [0.1, 0.15) is 19.4 Å². The van der Waals surface area contributed by atoms with E-state index in [0.717, 1.165) is 35.6 Å². The molecule has 5 rings (SSSR count). The number of aromatic nitrogens is 3. The van der Waals surface area contributed by atoms with Gasteiger partial charge in [0.2, 0.25) is 5.95 Å². The Kier molecular flexibility index (Phi) is 6.09. The normalized spacial score (nSPS) is 21.6. The van der Waals surface area contributed by atoms with Crippen LogP contribution in [0.25, 0.3) is 22.3 Å². The second kappa shape index (κ2) is 9.17. The molecule has 9 heteroatoms. The third-order valence-electron chi connectivity index (χ3n) is 6.35. The van der Waals surface area contributed by atoms with Crippen molar-refractivity contribution in [1.29, 1.82) is 0 Å². The Labute approximate surface area is 192 Å². The summed E-state index contributed by atoms with van der Waals surface area (Å²) in [5, 5.41) is 0.887. The predicted octanol–water partition coefficient (Wildman–Crippen LogP) is 2.74. The Morgan fingerprint density at radius 1 is 0.970 bits per heavy atom. The van der Waals surface area contributed by atoms with Gasteiger partial charge in [0.1, 0.15) is 11.6 Å². The minimum atomic E-state index is -0.309. The van der Waals surface area contributed by atoms with Crippen molar-refractivity contribution in [1.82, 2.24) is 15.0 Å². The number of benzene rings is 1. The highest BCUT2D eigenvalue weighted by molar-refractivity contribution is 5.90. The van der Waals surface area contributed by atoms with Gasteiger partial charge in [-0.2, -0.15) is 9.97 Å². The van der Waals surface area contributed by atoms with E-state index in [1.165, 1.54) is 6.07 Å². The van der Waals surface area contributed by atoms with Crippen molar-refractivity contribution in [3.63, 3.8) is 0 Å². The number of nitrogens with two attached hydrogens (primary N) is 1. The van der Waals surface area contributed by atoms with E-state index in [0.29, 0.717) is 43.6 Å². The van der Waals surface area contributed by atoms with Gasteiger partial charge >= 0.3 is 0 Å². The lowest BCUT2D eigenvalue weighted by Gasteiger charge is -2.37. The second-order valence-electron chi connectivity index (χ2n) is 8.66. The average Bonchev–Trinajstić information content (AvgIpc) is 2.84. The van der Waals surface area contributed by atoms with Crippen LogP contribution in [0.4, 0.5) is 16.2 Å². The van der Waals surface area contributed by atoms with E-state index in [1.807, 2.05) is 12.1 Å². The molecule has 2 N–H and O–H groups in total. The monoisotopic (exact) mass is 452 g/mol. The van der Waals surface area contributed by atoms with E-state index in [4.69, 9.17) is 30.2 Å². The summed E-state index contributed by atoms with van der Waals surface area (Å²) in [5.74, 6) is 1.21. The summed E-state index contributed by atoms with van der Waals surface area (Å²) >= 11 is 0. The molecule has 174 valence electrons. The highest BCUT2D eigenvalue weighted by atomic mass is 19.1. The van der Waals surface area contributed by atoms with Crippen LogP contribution in [-0.4, -0.2) is 66.6 Å². The van der Waals surface area contributed by atoms with Gasteiger partial charge < -0.3 is 25.0 Å². The summed E-state index contributed by atoms with van der Waals surface area (Å²) in [5.41, 5.74) is 8.31. The highest BCUT2D eigenvalue weighted by Gasteiger charge is 2.27. The zero-order chi connectivity index (χ0) is 22.9. The SMILES string of the molecule is CC1COCCN1c1nc(N2CCOCC2C)c2ccc(-c3ccc(F)c(CN)c3)nc2n1. The number of fused-ring (bicyclic) bond motifs is 1. The molecule has 4 heterocycles. The summed E-state index contributed by atoms with van der Waals surface area (Å²) in [4.78, 5) is 19.2. The Morgan fingerprint density at radius 2 is 1.70 bits per heavy atom. The van der Waals surface area contributed by atoms with Crippen LogP contribution in [0.3, 0.4) is 0 Å². The molecule has 2 aliphatic rings. The first-order valence-electron chi connectivity index (χ1n) is 11.4. The molecule has 2 saturated heterocycles. The van der Waals surface area contributed by atoms with Gasteiger partial charge in [-0.15, -0.1) is 0 Å². The summed E-state index contributed by atoms with van der Waals surface area (Å²) in [6.45, 7) is 8.44. The molecule has 2 fully saturated rings. The molecule has 0 saturated carbocycles. The number of nitrogens with zero attached hydrogens (tertiary/aromatic N) is 5. The fourth-order valence-corrected chi connectivity index (χ4v) is 4.45. The van der Waals surface area contributed by atoms with Crippen molar-refractivity contribution in [2.24, 2.45) is 5.73 Å². The average molecular weight is 453 g/mol. The van der Waals surface area contributed by atoms with Crippen molar-refractivity contribution in [3.05, 3.63) is 41.7 Å². The van der Waals surface area contributed by atoms with Gasteiger partial charge in [0, 0.05) is 30.8 Å². The van der Waals surface area contributed by atoms with E-state index >= 15 is 0 Å². The quantitative estimate of drug-likeness (QED) is 0.646. The maximum atomic E-state index is 14.0. The highest BCUT2D eigenvalue weighted by Crippen LogP contribution is 2.31. The Hall–Kier alpha value is -2.88. The number of hydrogen-bond donors (Lipinski definition) is 1. The molecule has 2 aliphatic heterocycles. The van der Waals surface area contributed by atoms with Gasteiger partial charge in [-0.25, -0.2) is 9.37 Å². The Morgan fingerprint density at radius 3 is 2.39 bits per heavy atom. The van der Waals surface area contributed by atoms with Gasteiger partial charge in [-0.3, -0.25) is 0 Å². The molecular formula is C24H29FN6O2. The molecule has 0 radical (unpaired) electrons. The van der Waals surface area contributed by atoms with Crippen LogP contribution < -0.4 is 15.5 Å². The smallest absolute Gasteiger partial charge is 0.229 e. The first-order valence-corrected chi connectivity index (χ1v) is 11.4. The zero-order valence-corrected chi connectivity index (χ0v) is 19.0. The number of anilines is 2. The molecule has 2 atom stereocenters. The lowest BCUT2D eigenvalue weighted by molar-refractivity contribution is 0.0973. The van der Waals surface area contributed by atoms with Crippen molar-refractivity contribution < 1.29 is 13.9 Å². The number of hydrogen-bond acceptors (Lipinski definition) is 8. The van der Waals surface area contributed by atoms with Crippen molar-refractivity contribution in [2.75, 3.05) is 49.3 Å². The fraction of sp³-hybridized carbons (Fsp3) is 0.458. The minimum absolute atomic E-state index is 0.132. The second-order valence-corrected chi connectivity index (χ2v) is 8.66. The third kappa shape index (κ3) is 4.23. The topological polar surface area (TPSA) is 89.6 Å². The zero-order valence-electron chi connectivity index (χ0n) is 19.0. The van der Waals surface area contributed by atoms with E-state index in [9.17, 15) is 4.39 Å². The fourth-order valence-electron chi connectivity index (χ4n) is 4.45. The van der Waals surface area contributed by atoms with Gasteiger partial charge in [0.25, 0.3) is 0 Å². The van der Waals surface area contributed by atoms with Gasteiger partial charge in [0.05, 0.1) is 49.6 Å². The number of ether oxygens (including phenoxy) is 2. The Balaban J connectivity index is 1.65. The molecule has 2 unspecified atom stereocenters. The van der Waals surface area contributed by atoms with E-state index in [1.54, 1.807) is 12.1 Å². The maximum absolute atomic E-state index is 14.0. The maximum Gasteiger partial charge on any atom is 0.229 e. The van der Waals surface area contributed by atoms with Gasteiger partial charge in [0.15, 0.2) is 5.65 Å². The molecule has 2 aromatic heterocycles. The summed E-state index contributed by atoms with van der Waals surface area (Å²) < 4.78 is 25.2. The lowest BCUT2D eigenvalue weighted by Crippen LogP contribution is -2.46. The molecule has 0 aliphatic carbocycles. The van der Waals surface area contributed by atoms with Gasteiger partial charge in [-0.05, 0) is 44.2 Å². The molecule has 1 aromatic carbocycles. The standard InChI is InChI=1S/C24H29FN6O2/c1-15-13-32-9-7-30(15)23-19-4-6-21(17-3-5-20(25)18(11-17)12-26)27-22(19)28-24(29-23)31-8-10-33-14-16(31)2/h3-6,11,15-16H,7-10,12-14,26H2,1-2H3. The summed E-state index contributed by atoms with van der Waals surface area (Å²) in [6.07, 6.45) is 0. The van der Waals surface area contributed by atoms with Crippen LogP contribution >= 0.6 is 0 Å². The van der Waals surface area contributed by atoms with Gasteiger partial charge in [-0.1, -0.05) is 0 Å². The number of rotatable bonds is 4. The molecule has 0 spiro atoms. The first-order chi connectivity index (χ1) is 16.0. The molecule has 0 bridgehead atoms. The molecule has 8 nitrogen and oxygen atoms in total. The van der Waals surface area contributed by atoms with E-state index < -0.39 is 0 Å². The number of morpholine rings is 2. The molecule has 33 heavy (non-hydrogen) atoms. The molecule has 0 amide bonds. The van der Waals surface area contributed by atoms with Crippen LogP contribution in [0.2, 0.25) is 0 Å². The first kappa shape index (κ1) is 21.9. The largest absolute Gasteiger partial charge is 0.377 e. The lowest BCUT2D eigenvalue weighted by atomic mass is 10.1. The van der Waals surface area contributed by atoms with Crippen LogP contribution in [0.5, 0.6) is 0 Å². The van der Waals surface area contributed by atoms with E-state index in [-0.39, 0.29) is 24.4 Å². The van der Waals surface area contributed by atoms with Crippen molar-refractivity contribution >= 4 is 22.8 Å². The van der Waals surface area contributed by atoms with Crippen molar-refractivity contribution in [2.45, 2.75) is 32.5 Å². The summed E-state index contributed by atoms with van der Waals surface area (Å²) in [6, 6.07) is 9.21. The van der Waals surface area contributed by atoms with Crippen LogP contribution in [0, 0.1) is 5.82 Å². The van der Waals surface area contributed by atoms with Crippen LogP contribution in [0.15, 0.2) is 30.3 Å². The third-order valence-corrected chi connectivity index (χ3v) is 6.35. The molecular weight excluding hydrogens is 423 g/mol. The van der Waals surface area contributed by atoms with E-state index in [2.05, 4.69) is 23.6 Å². The van der Waals surface area contributed by atoms with Crippen LogP contribution in [-0.2, 0) is 16.0 Å². The Bertz CT molecular complexity index is 1160. The summed E-state index contributed by atoms with van der Waals surface area (Å²) in [7, 11) is 0. The predicted molar refractivity (Wildman–Crippen MR) is 126 cm³/mol. The number of pyridine rings is 1. The number of halogens is 1.